The zero-order chi connectivity index (χ0) is 8.27. The summed E-state index contributed by atoms with van der Waals surface area (Å²) in [6, 6.07) is 7.54. The monoisotopic (exact) mass is 146 g/mol. The molecule has 0 amide bonds. The van der Waals surface area contributed by atoms with E-state index in [1.54, 1.807) is 0 Å². The molecule has 0 saturated carbocycles. The van der Waals surface area contributed by atoms with Gasteiger partial charge in [-0.05, 0) is 12.5 Å². The standard InChI is InChI=1S/C10H10O/c1-3-10(11)9-6-4-5-8(2)7-9/h1,4-7,10-11H,2H3/t10-/m1/s1. The average Bonchev–Trinajstić information content (AvgIpc) is 2.03. The van der Waals surface area contributed by atoms with Crippen LogP contribution in [0.15, 0.2) is 24.3 Å². The first kappa shape index (κ1) is 7.84. The number of aliphatic hydroxyl groups is 1. The number of hydrogen-bond acceptors (Lipinski definition) is 1. The predicted octanol–water partition coefficient (Wildman–Crippen LogP) is 1.66. The first-order valence-corrected chi connectivity index (χ1v) is 3.45. The van der Waals surface area contributed by atoms with Crippen LogP contribution in [0.2, 0.25) is 0 Å². The van der Waals surface area contributed by atoms with E-state index in [1.807, 2.05) is 31.2 Å². The largest absolute Gasteiger partial charge is 0.376 e. The van der Waals surface area contributed by atoms with Crippen LogP contribution in [0.5, 0.6) is 0 Å². The summed E-state index contributed by atoms with van der Waals surface area (Å²) in [5.74, 6) is 2.26. The molecule has 0 spiro atoms. The van der Waals surface area contributed by atoms with Crippen LogP contribution in [-0.2, 0) is 0 Å². The summed E-state index contributed by atoms with van der Waals surface area (Å²) in [6.07, 6.45) is 4.29. The second kappa shape index (κ2) is 3.23. The van der Waals surface area contributed by atoms with Crippen LogP contribution < -0.4 is 0 Å². The van der Waals surface area contributed by atoms with Gasteiger partial charge in [0.1, 0.15) is 6.10 Å². The van der Waals surface area contributed by atoms with Gasteiger partial charge in [0.05, 0.1) is 0 Å². The maximum Gasteiger partial charge on any atom is 0.139 e. The molecular weight excluding hydrogens is 136 g/mol. The lowest BCUT2D eigenvalue weighted by Crippen LogP contribution is -1.92. The summed E-state index contributed by atoms with van der Waals surface area (Å²) in [4.78, 5) is 0. The molecule has 0 heterocycles. The molecule has 0 saturated heterocycles. The second-order valence-corrected chi connectivity index (χ2v) is 2.48. The van der Waals surface area contributed by atoms with E-state index in [9.17, 15) is 5.11 Å². The van der Waals surface area contributed by atoms with E-state index in [4.69, 9.17) is 6.42 Å². The van der Waals surface area contributed by atoms with Crippen molar-refractivity contribution in [2.75, 3.05) is 0 Å². The Bertz CT molecular complexity index is 283. The van der Waals surface area contributed by atoms with E-state index >= 15 is 0 Å². The minimum Gasteiger partial charge on any atom is -0.376 e. The van der Waals surface area contributed by atoms with Gasteiger partial charge in [0.2, 0.25) is 0 Å². The fraction of sp³-hybridized carbons (Fsp3) is 0.200. The van der Waals surface area contributed by atoms with Crippen molar-refractivity contribution in [1.82, 2.24) is 0 Å². The van der Waals surface area contributed by atoms with E-state index in [0.717, 1.165) is 11.1 Å². The van der Waals surface area contributed by atoms with Crippen molar-refractivity contribution in [3.63, 3.8) is 0 Å². The number of hydrogen-bond donors (Lipinski definition) is 1. The fourth-order valence-corrected chi connectivity index (χ4v) is 0.936. The van der Waals surface area contributed by atoms with Gasteiger partial charge in [0.15, 0.2) is 0 Å². The maximum absolute atomic E-state index is 9.22. The van der Waals surface area contributed by atoms with Crippen molar-refractivity contribution in [3.05, 3.63) is 35.4 Å². The quantitative estimate of drug-likeness (QED) is 0.597. The van der Waals surface area contributed by atoms with E-state index in [-0.39, 0.29) is 0 Å². The maximum atomic E-state index is 9.22. The number of rotatable bonds is 1. The number of benzene rings is 1. The molecule has 0 aliphatic carbocycles. The van der Waals surface area contributed by atoms with Crippen molar-refractivity contribution < 1.29 is 5.11 Å². The van der Waals surface area contributed by atoms with Crippen molar-refractivity contribution in [1.29, 1.82) is 0 Å². The molecule has 0 unspecified atom stereocenters. The second-order valence-electron chi connectivity index (χ2n) is 2.48. The molecule has 11 heavy (non-hydrogen) atoms. The third-order valence-electron chi connectivity index (χ3n) is 1.52. The molecule has 1 nitrogen and oxygen atoms in total. The normalized spacial score (nSPS) is 12.1. The molecule has 1 aromatic rings. The number of aryl methyl sites for hydroxylation is 1. The van der Waals surface area contributed by atoms with Gasteiger partial charge < -0.3 is 5.11 Å². The van der Waals surface area contributed by atoms with E-state index < -0.39 is 6.10 Å². The minimum atomic E-state index is -0.769. The van der Waals surface area contributed by atoms with Crippen LogP contribution in [0.3, 0.4) is 0 Å². The van der Waals surface area contributed by atoms with Gasteiger partial charge in [0, 0.05) is 0 Å². The Labute approximate surface area is 66.7 Å². The van der Waals surface area contributed by atoms with Gasteiger partial charge in [0.25, 0.3) is 0 Å². The summed E-state index contributed by atoms with van der Waals surface area (Å²) < 4.78 is 0. The first-order valence-electron chi connectivity index (χ1n) is 3.45. The average molecular weight is 146 g/mol. The summed E-state index contributed by atoms with van der Waals surface area (Å²) in [5.41, 5.74) is 1.89. The molecule has 0 aliphatic heterocycles. The molecule has 1 rings (SSSR count). The molecule has 1 N–H and O–H groups in total. The zero-order valence-corrected chi connectivity index (χ0v) is 6.41. The van der Waals surface area contributed by atoms with Crippen molar-refractivity contribution in [2.45, 2.75) is 13.0 Å². The molecule has 56 valence electrons. The van der Waals surface area contributed by atoms with E-state index in [1.165, 1.54) is 0 Å². The molecule has 0 radical (unpaired) electrons. The molecule has 1 heteroatoms. The van der Waals surface area contributed by atoms with Gasteiger partial charge in [-0.1, -0.05) is 35.7 Å². The van der Waals surface area contributed by atoms with Crippen LogP contribution in [0, 0.1) is 19.3 Å². The lowest BCUT2D eigenvalue weighted by Gasteiger charge is -2.03. The van der Waals surface area contributed by atoms with Crippen molar-refractivity contribution in [2.24, 2.45) is 0 Å². The molecule has 1 aromatic carbocycles. The molecule has 1 atom stereocenters. The van der Waals surface area contributed by atoms with Gasteiger partial charge in [-0.2, -0.15) is 0 Å². The lowest BCUT2D eigenvalue weighted by atomic mass is 10.1. The number of aliphatic hydroxyl groups excluding tert-OH is 1. The SMILES string of the molecule is C#C[C@@H](O)c1cccc(C)c1. The number of terminal acetylenes is 1. The van der Waals surface area contributed by atoms with E-state index in [2.05, 4.69) is 5.92 Å². The van der Waals surface area contributed by atoms with Gasteiger partial charge >= 0.3 is 0 Å². The lowest BCUT2D eigenvalue weighted by molar-refractivity contribution is 0.238. The Balaban J connectivity index is 2.98. The highest BCUT2D eigenvalue weighted by Gasteiger charge is 2.00. The Morgan fingerprint density at radius 1 is 1.55 bits per heavy atom. The molecular formula is C10H10O. The Hall–Kier alpha value is -1.26. The fourth-order valence-electron chi connectivity index (χ4n) is 0.936. The third kappa shape index (κ3) is 1.83. The van der Waals surface area contributed by atoms with Crippen LogP contribution in [0.4, 0.5) is 0 Å². The Morgan fingerprint density at radius 2 is 2.27 bits per heavy atom. The predicted molar refractivity (Wildman–Crippen MR) is 45.0 cm³/mol. The molecule has 0 bridgehead atoms. The highest BCUT2D eigenvalue weighted by Crippen LogP contribution is 2.12. The highest BCUT2D eigenvalue weighted by atomic mass is 16.3. The smallest absolute Gasteiger partial charge is 0.139 e. The Kier molecular flexibility index (Phi) is 2.30. The first-order chi connectivity index (χ1) is 5.24. The van der Waals surface area contributed by atoms with Crippen LogP contribution >= 0.6 is 0 Å². The zero-order valence-electron chi connectivity index (χ0n) is 6.41. The molecule has 0 aromatic heterocycles. The van der Waals surface area contributed by atoms with Crippen LogP contribution in [0.25, 0.3) is 0 Å². The summed E-state index contributed by atoms with van der Waals surface area (Å²) in [6.45, 7) is 1.97. The Morgan fingerprint density at radius 3 is 2.82 bits per heavy atom. The molecule has 0 aliphatic rings. The topological polar surface area (TPSA) is 20.2 Å². The van der Waals surface area contributed by atoms with Crippen molar-refractivity contribution >= 4 is 0 Å². The van der Waals surface area contributed by atoms with E-state index in [0.29, 0.717) is 0 Å². The van der Waals surface area contributed by atoms with Gasteiger partial charge in [-0.25, -0.2) is 0 Å². The summed E-state index contributed by atoms with van der Waals surface area (Å²) in [7, 11) is 0. The summed E-state index contributed by atoms with van der Waals surface area (Å²) in [5, 5.41) is 9.22. The van der Waals surface area contributed by atoms with Crippen LogP contribution in [-0.4, -0.2) is 5.11 Å². The van der Waals surface area contributed by atoms with Gasteiger partial charge in [-0.15, -0.1) is 6.42 Å². The molecule has 0 fully saturated rings. The third-order valence-corrected chi connectivity index (χ3v) is 1.52. The summed E-state index contributed by atoms with van der Waals surface area (Å²) >= 11 is 0. The highest BCUT2D eigenvalue weighted by molar-refractivity contribution is 5.27. The van der Waals surface area contributed by atoms with Crippen molar-refractivity contribution in [3.8, 4) is 12.3 Å². The van der Waals surface area contributed by atoms with Gasteiger partial charge in [-0.3, -0.25) is 0 Å². The van der Waals surface area contributed by atoms with Crippen LogP contribution in [0.1, 0.15) is 17.2 Å². The minimum absolute atomic E-state index is 0.769.